The van der Waals surface area contributed by atoms with Gasteiger partial charge in [-0.3, -0.25) is 0 Å². The standard InChI is InChI=1S/C9H21NOS/c1-4-10-9(8-11-2)6-5-7-12-3/h9-10H,4-8H2,1-3H3. The van der Waals surface area contributed by atoms with Crippen LogP contribution in [-0.2, 0) is 4.74 Å². The fourth-order valence-corrected chi connectivity index (χ4v) is 1.66. The lowest BCUT2D eigenvalue weighted by Crippen LogP contribution is -2.33. The first-order valence-electron chi connectivity index (χ1n) is 4.56. The number of nitrogens with one attached hydrogen (secondary N) is 1. The SMILES string of the molecule is CCNC(CCCSC)COC. The third-order valence-electron chi connectivity index (χ3n) is 1.76. The Kier molecular flexibility index (Phi) is 9.57. The second-order valence-corrected chi connectivity index (χ2v) is 3.83. The van der Waals surface area contributed by atoms with E-state index in [1.807, 2.05) is 11.8 Å². The van der Waals surface area contributed by atoms with Gasteiger partial charge >= 0.3 is 0 Å². The Bertz CT molecular complexity index is 84.6. The molecule has 0 aromatic heterocycles. The summed E-state index contributed by atoms with van der Waals surface area (Å²) in [6.45, 7) is 4.01. The first-order chi connectivity index (χ1) is 5.85. The summed E-state index contributed by atoms with van der Waals surface area (Å²) in [6.07, 6.45) is 4.66. The monoisotopic (exact) mass is 191 g/mol. The Balaban J connectivity index is 3.34. The lowest BCUT2D eigenvalue weighted by atomic mass is 10.2. The fraction of sp³-hybridized carbons (Fsp3) is 1.00. The van der Waals surface area contributed by atoms with Crippen molar-refractivity contribution in [1.82, 2.24) is 5.32 Å². The summed E-state index contributed by atoms with van der Waals surface area (Å²) >= 11 is 1.91. The van der Waals surface area contributed by atoms with Gasteiger partial charge in [0, 0.05) is 13.2 Å². The number of thioether (sulfide) groups is 1. The van der Waals surface area contributed by atoms with Crippen molar-refractivity contribution in [3.63, 3.8) is 0 Å². The predicted molar refractivity (Wildman–Crippen MR) is 57.0 cm³/mol. The van der Waals surface area contributed by atoms with Crippen LogP contribution < -0.4 is 5.32 Å². The molecule has 0 aliphatic heterocycles. The van der Waals surface area contributed by atoms with E-state index in [4.69, 9.17) is 4.74 Å². The van der Waals surface area contributed by atoms with E-state index in [1.54, 1.807) is 7.11 Å². The minimum atomic E-state index is 0.548. The van der Waals surface area contributed by atoms with Crippen LogP contribution in [0.25, 0.3) is 0 Å². The van der Waals surface area contributed by atoms with E-state index in [2.05, 4.69) is 18.5 Å². The summed E-state index contributed by atoms with van der Waals surface area (Å²) in [6, 6.07) is 0.548. The zero-order valence-electron chi connectivity index (χ0n) is 8.43. The van der Waals surface area contributed by atoms with Gasteiger partial charge in [-0.25, -0.2) is 0 Å². The molecule has 0 saturated carbocycles. The van der Waals surface area contributed by atoms with Crippen molar-refractivity contribution in [2.45, 2.75) is 25.8 Å². The van der Waals surface area contributed by atoms with Crippen LogP contribution >= 0.6 is 11.8 Å². The molecule has 0 aromatic rings. The summed E-state index contributed by atoms with van der Waals surface area (Å²) < 4.78 is 5.12. The van der Waals surface area contributed by atoms with Crippen LogP contribution in [0.5, 0.6) is 0 Å². The molecule has 0 amide bonds. The van der Waals surface area contributed by atoms with Gasteiger partial charge in [-0.05, 0) is 31.4 Å². The highest BCUT2D eigenvalue weighted by atomic mass is 32.2. The van der Waals surface area contributed by atoms with Crippen molar-refractivity contribution in [3.8, 4) is 0 Å². The first kappa shape index (κ1) is 12.3. The highest BCUT2D eigenvalue weighted by Crippen LogP contribution is 2.03. The number of hydrogen-bond donors (Lipinski definition) is 1. The number of hydrogen-bond acceptors (Lipinski definition) is 3. The summed E-state index contributed by atoms with van der Waals surface area (Å²) in [5.74, 6) is 1.26. The molecular formula is C9H21NOS. The molecule has 0 fully saturated rings. The Morgan fingerprint density at radius 3 is 2.75 bits per heavy atom. The van der Waals surface area contributed by atoms with Gasteiger partial charge in [0.2, 0.25) is 0 Å². The molecule has 2 nitrogen and oxygen atoms in total. The predicted octanol–water partition coefficient (Wildman–Crippen LogP) is 1.75. The van der Waals surface area contributed by atoms with E-state index in [9.17, 15) is 0 Å². The first-order valence-corrected chi connectivity index (χ1v) is 5.95. The second-order valence-electron chi connectivity index (χ2n) is 2.84. The van der Waals surface area contributed by atoms with Crippen LogP contribution in [0.3, 0.4) is 0 Å². The molecule has 0 aliphatic rings. The minimum Gasteiger partial charge on any atom is -0.383 e. The second kappa shape index (κ2) is 9.36. The van der Waals surface area contributed by atoms with Gasteiger partial charge in [0.1, 0.15) is 0 Å². The van der Waals surface area contributed by atoms with Gasteiger partial charge in [-0.1, -0.05) is 6.92 Å². The van der Waals surface area contributed by atoms with Crippen molar-refractivity contribution in [1.29, 1.82) is 0 Å². The van der Waals surface area contributed by atoms with Crippen LogP contribution in [0, 0.1) is 0 Å². The number of rotatable bonds is 8. The lowest BCUT2D eigenvalue weighted by Gasteiger charge is -2.16. The van der Waals surface area contributed by atoms with Gasteiger partial charge in [-0.2, -0.15) is 11.8 Å². The van der Waals surface area contributed by atoms with E-state index in [-0.39, 0.29) is 0 Å². The molecule has 0 rings (SSSR count). The fourth-order valence-electron chi connectivity index (χ4n) is 1.21. The molecule has 1 atom stereocenters. The number of ether oxygens (including phenoxy) is 1. The van der Waals surface area contributed by atoms with Gasteiger partial charge in [0.05, 0.1) is 6.61 Å². The molecule has 12 heavy (non-hydrogen) atoms. The Hall–Kier alpha value is 0.270. The molecule has 0 bridgehead atoms. The van der Waals surface area contributed by atoms with Crippen molar-refractivity contribution in [2.75, 3.05) is 32.3 Å². The van der Waals surface area contributed by atoms with Crippen LogP contribution in [0.4, 0.5) is 0 Å². The highest BCUT2D eigenvalue weighted by molar-refractivity contribution is 7.98. The maximum absolute atomic E-state index is 5.12. The molecule has 74 valence electrons. The molecule has 3 heteroatoms. The molecule has 0 saturated heterocycles. The topological polar surface area (TPSA) is 21.3 Å². The molecule has 0 radical (unpaired) electrons. The van der Waals surface area contributed by atoms with Crippen molar-refractivity contribution in [2.24, 2.45) is 0 Å². The van der Waals surface area contributed by atoms with E-state index < -0.39 is 0 Å². The summed E-state index contributed by atoms with van der Waals surface area (Å²) in [5.41, 5.74) is 0. The van der Waals surface area contributed by atoms with Crippen molar-refractivity contribution in [3.05, 3.63) is 0 Å². The quantitative estimate of drug-likeness (QED) is 0.591. The Morgan fingerprint density at radius 2 is 2.25 bits per heavy atom. The summed E-state index contributed by atoms with van der Waals surface area (Å²) in [4.78, 5) is 0. The zero-order chi connectivity index (χ0) is 9.23. The molecule has 1 unspecified atom stereocenters. The normalized spacial score (nSPS) is 13.2. The van der Waals surface area contributed by atoms with Gasteiger partial charge in [0.25, 0.3) is 0 Å². The van der Waals surface area contributed by atoms with Crippen LogP contribution in [0.2, 0.25) is 0 Å². The molecule has 0 spiro atoms. The lowest BCUT2D eigenvalue weighted by molar-refractivity contribution is 0.163. The molecule has 0 heterocycles. The highest BCUT2D eigenvalue weighted by Gasteiger charge is 2.04. The van der Waals surface area contributed by atoms with E-state index in [0.29, 0.717) is 6.04 Å². The van der Waals surface area contributed by atoms with E-state index in [0.717, 1.165) is 13.2 Å². The Labute approximate surface area is 80.4 Å². The summed E-state index contributed by atoms with van der Waals surface area (Å²) in [5, 5.41) is 3.41. The van der Waals surface area contributed by atoms with Crippen molar-refractivity contribution < 1.29 is 4.74 Å². The van der Waals surface area contributed by atoms with Gasteiger partial charge < -0.3 is 10.1 Å². The average molecular weight is 191 g/mol. The zero-order valence-corrected chi connectivity index (χ0v) is 9.25. The third-order valence-corrected chi connectivity index (χ3v) is 2.46. The molecule has 1 N–H and O–H groups in total. The van der Waals surface area contributed by atoms with E-state index >= 15 is 0 Å². The van der Waals surface area contributed by atoms with Crippen LogP contribution in [-0.4, -0.2) is 38.3 Å². The molecular weight excluding hydrogens is 170 g/mol. The average Bonchev–Trinajstić information content (AvgIpc) is 2.06. The summed E-state index contributed by atoms with van der Waals surface area (Å²) in [7, 11) is 1.76. The largest absolute Gasteiger partial charge is 0.383 e. The van der Waals surface area contributed by atoms with Crippen LogP contribution in [0.15, 0.2) is 0 Å². The molecule has 0 aliphatic carbocycles. The minimum absolute atomic E-state index is 0.548. The van der Waals surface area contributed by atoms with Gasteiger partial charge in [-0.15, -0.1) is 0 Å². The third kappa shape index (κ3) is 6.95. The maximum atomic E-state index is 5.12. The smallest absolute Gasteiger partial charge is 0.0615 e. The van der Waals surface area contributed by atoms with Gasteiger partial charge in [0.15, 0.2) is 0 Å². The van der Waals surface area contributed by atoms with Crippen molar-refractivity contribution >= 4 is 11.8 Å². The van der Waals surface area contributed by atoms with Crippen LogP contribution in [0.1, 0.15) is 19.8 Å². The molecule has 0 aromatic carbocycles. The number of methoxy groups -OCH3 is 1. The van der Waals surface area contributed by atoms with E-state index in [1.165, 1.54) is 18.6 Å². The number of likely N-dealkylation sites (N-methyl/N-ethyl adjacent to an activating group) is 1. The Morgan fingerprint density at radius 1 is 1.50 bits per heavy atom. The maximum Gasteiger partial charge on any atom is 0.0615 e.